The molecule has 2 rings (SSSR count). The fourth-order valence-electron chi connectivity index (χ4n) is 3.70. The molecule has 1 heterocycles. The number of piperidine rings is 1. The van der Waals surface area contributed by atoms with Gasteiger partial charge in [0.25, 0.3) is 0 Å². The largest absolute Gasteiger partial charge is 0.481 e. The van der Waals surface area contributed by atoms with Crippen LogP contribution in [0, 0.1) is 11.8 Å². The summed E-state index contributed by atoms with van der Waals surface area (Å²) in [5.41, 5.74) is 0. The van der Waals surface area contributed by atoms with Gasteiger partial charge in [-0.1, -0.05) is 13.3 Å². The van der Waals surface area contributed by atoms with Crippen molar-refractivity contribution in [3.8, 4) is 0 Å². The van der Waals surface area contributed by atoms with Gasteiger partial charge in [-0.15, -0.1) is 0 Å². The van der Waals surface area contributed by atoms with Crippen molar-refractivity contribution in [2.75, 3.05) is 18.8 Å². The smallest absolute Gasteiger partial charge is 0.306 e. The topological polar surface area (TPSA) is 104 Å². The third kappa shape index (κ3) is 5.17. The summed E-state index contributed by atoms with van der Waals surface area (Å²) in [4.78, 5) is 25.5. The molecule has 0 aromatic carbocycles. The number of amides is 1. The molecule has 0 aromatic rings. The molecule has 138 valence electrons. The maximum absolute atomic E-state index is 12.6. The first-order valence-electron chi connectivity index (χ1n) is 8.84. The van der Waals surface area contributed by atoms with Gasteiger partial charge in [0.1, 0.15) is 0 Å². The molecule has 2 unspecified atom stereocenters. The quantitative estimate of drug-likeness (QED) is 0.741. The summed E-state index contributed by atoms with van der Waals surface area (Å²) in [6, 6.07) is -0.108. The van der Waals surface area contributed by atoms with Crippen molar-refractivity contribution < 1.29 is 23.1 Å². The normalized spacial score (nSPS) is 26.3. The summed E-state index contributed by atoms with van der Waals surface area (Å²) < 4.78 is 26.3. The molecule has 1 amide bonds. The lowest BCUT2D eigenvalue weighted by Gasteiger charge is -2.36. The Hall–Kier alpha value is -1.15. The molecule has 0 spiro atoms. The van der Waals surface area contributed by atoms with Gasteiger partial charge in [-0.2, -0.15) is 0 Å². The minimum Gasteiger partial charge on any atom is -0.481 e. The van der Waals surface area contributed by atoms with Crippen molar-refractivity contribution in [2.24, 2.45) is 11.8 Å². The maximum Gasteiger partial charge on any atom is 0.306 e. The van der Waals surface area contributed by atoms with Crippen LogP contribution in [0.2, 0.25) is 0 Å². The van der Waals surface area contributed by atoms with Gasteiger partial charge in [0.2, 0.25) is 15.9 Å². The SMILES string of the molecule is CCCS(=O)(=O)NC1CCN(C(=O)C2CCCC(C(=O)O)C2)CC1. The lowest BCUT2D eigenvalue weighted by atomic mass is 9.80. The minimum atomic E-state index is -3.22. The second kappa shape index (κ2) is 8.29. The highest BCUT2D eigenvalue weighted by molar-refractivity contribution is 7.89. The molecule has 0 aromatic heterocycles. The summed E-state index contributed by atoms with van der Waals surface area (Å²) in [6.07, 6.45) is 4.43. The van der Waals surface area contributed by atoms with E-state index < -0.39 is 21.9 Å². The van der Waals surface area contributed by atoms with E-state index >= 15 is 0 Å². The summed E-state index contributed by atoms with van der Waals surface area (Å²) in [6.45, 7) is 2.90. The zero-order valence-corrected chi connectivity index (χ0v) is 15.1. The van der Waals surface area contributed by atoms with Gasteiger partial charge in [-0.05, 0) is 38.5 Å². The van der Waals surface area contributed by atoms with Gasteiger partial charge >= 0.3 is 5.97 Å². The molecule has 2 fully saturated rings. The zero-order chi connectivity index (χ0) is 17.7. The van der Waals surface area contributed by atoms with Crippen LogP contribution < -0.4 is 4.72 Å². The van der Waals surface area contributed by atoms with Crippen molar-refractivity contribution in [3.63, 3.8) is 0 Å². The predicted octanol–water partition coefficient (Wildman–Crippen LogP) is 1.20. The Morgan fingerprint density at radius 1 is 1.12 bits per heavy atom. The molecule has 1 aliphatic heterocycles. The number of carbonyl (C=O) groups excluding carboxylic acids is 1. The molecule has 1 aliphatic carbocycles. The van der Waals surface area contributed by atoms with Crippen LogP contribution in [-0.4, -0.2) is 55.2 Å². The Kier molecular flexibility index (Phi) is 6.62. The van der Waals surface area contributed by atoms with Crippen LogP contribution in [0.3, 0.4) is 0 Å². The van der Waals surface area contributed by atoms with Gasteiger partial charge in [0.15, 0.2) is 0 Å². The molecule has 0 radical (unpaired) electrons. The number of carboxylic acids is 1. The van der Waals surface area contributed by atoms with Crippen LogP contribution in [0.5, 0.6) is 0 Å². The number of sulfonamides is 1. The van der Waals surface area contributed by atoms with E-state index in [-0.39, 0.29) is 23.6 Å². The van der Waals surface area contributed by atoms with Crippen molar-refractivity contribution in [2.45, 2.75) is 57.9 Å². The first kappa shape index (κ1) is 19.2. The first-order chi connectivity index (χ1) is 11.3. The van der Waals surface area contributed by atoms with Gasteiger partial charge in [0.05, 0.1) is 11.7 Å². The number of hydrogen-bond acceptors (Lipinski definition) is 4. The molecule has 24 heavy (non-hydrogen) atoms. The highest BCUT2D eigenvalue weighted by Gasteiger charge is 2.34. The van der Waals surface area contributed by atoms with Crippen LogP contribution >= 0.6 is 0 Å². The molecule has 0 bridgehead atoms. The van der Waals surface area contributed by atoms with Crippen LogP contribution in [0.15, 0.2) is 0 Å². The molecule has 7 nitrogen and oxygen atoms in total. The Morgan fingerprint density at radius 2 is 1.75 bits per heavy atom. The van der Waals surface area contributed by atoms with Gasteiger partial charge < -0.3 is 10.0 Å². The number of hydrogen-bond donors (Lipinski definition) is 2. The fourth-order valence-corrected chi connectivity index (χ4v) is 5.09. The van der Waals surface area contributed by atoms with Gasteiger partial charge in [0, 0.05) is 25.0 Å². The van der Waals surface area contributed by atoms with E-state index in [2.05, 4.69) is 4.72 Å². The Labute approximate surface area is 143 Å². The monoisotopic (exact) mass is 360 g/mol. The fraction of sp³-hybridized carbons (Fsp3) is 0.875. The van der Waals surface area contributed by atoms with Gasteiger partial charge in [-0.25, -0.2) is 13.1 Å². The summed E-state index contributed by atoms with van der Waals surface area (Å²) in [7, 11) is -3.22. The highest BCUT2D eigenvalue weighted by atomic mass is 32.2. The van der Waals surface area contributed by atoms with Crippen LogP contribution in [-0.2, 0) is 19.6 Å². The standard InChI is InChI=1S/C16H28N2O5S/c1-2-10-24(22,23)17-14-6-8-18(9-7-14)15(19)12-4-3-5-13(11-12)16(20)21/h12-14,17H,2-11H2,1H3,(H,20,21). The zero-order valence-electron chi connectivity index (χ0n) is 14.2. The van der Waals surface area contributed by atoms with E-state index in [0.717, 1.165) is 12.8 Å². The number of rotatable bonds is 6. The Morgan fingerprint density at radius 3 is 2.33 bits per heavy atom. The number of carbonyl (C=O) groups is 2. The maximum atomic E-state index is 12.6. The average molecular weight is 360 g/mol. The molecule has 2 atom stereocenters. The van der Waals surface area contributed by atoms with E-state index in [1.54, 1.807) is 4.90 Å². The Balaban J connectivity index is 1.83. The van der Waals surface area contributed by atoms with E-state index in [0.29, 0.717) is 45.2 Å². The molecule has 8 heteroatoms. The average Bonchev–Trinajstić information content (AvgIpc) is 2.54. The van der Waals surface area contributed by atoms with Gasteiger partial charge in [-0.3, -0.25) is 9.59 Å². The first-order valence-corrected chi connectivity index (χ1v) is 10.5. The van der Waals surface area contributed by atoms with Crippen LogP contribution in [0.25, 0.3) is 0 Å². The van der Waals surface area contributed by atoms with Crippen LogP contribution in [0.4, 0.5) is 0 Å². The van der Waals surface area contributed by atoms with Crippen LogP contribution in [0.1, 0.15) is 51.9 Å². The second-order valence-corrected chi connectivity index (χ2v) is 8.81. The van der Waals surface area contributed by atoms with E-state index in [9.17, 15) is 18.0 Å². The number of nitrogens with zero attached hydrogens (tertiary/aromatic N) is 1. The lowest BCUT2D eigenvalue weighted by Crippen LogP contribution is -2.49. The number of aliphatic carboxylic acids is 1. The summed E-state index contributed by atoms with van der Waals surface area (Å²) in [5.74, 6) is -1.25. The summed E-state index contributed by atoms with van der Waals surface area (Å²) in [5, 5.41) is 9.14. The molecular weight excluding hydrogens is 332 g/mol. The molecule has 1 saturated carbocycles. The molecular formula is C16H28N2O5S. The van der Waals surface area contributed by atoms with Crippen molar-refractivity contribution in [1.82, 2.24) is 9.62 Å². The lowest BCUT2D eigenvalue weighted by molar-refractivity contribution is -0.145. The van der Waals surface area contributed by atoms with Crippen molar-refractivity contribution in [1.29, 1.82) is 0 Å². The van der Waals surface area contributed by atoms with Crippen molar-refractivity contribution in [3.05, 3.63) is 0 Å². The molecule has 2 N–H and O–H groups in total. The minimum absolute atomic E-state index is 0.0378. The number of likely N-dealkylation sites (tertiary alicyclic amines) is 1. The molecule has 2 aliphatic rings. The van der Waals surface area contributed by atoms with E-state index in [1.165, 1.54) is 0 Å². The third-order valence-corrected chi connectivity index (χ3v) is 6.64. The highest BCUT2D eigenvalue weighted by Crippen LogP contribution is 2.31. The Bertz CT molecular complexity index is 555. The second-order valence-electron chi connectivity index (χ2n) is 6.93. The van der Waals surface area contributed by atoms with Crippen molar-refractivity contribution >= 4 is 21.9 Å². The molecule has 1 saturated heterocycles. The third-order valence-electron chi connectivity index (χ3n) is 5.00. The van der Waals surface area contributed by atoms with E-state index in [1.807, 2.05) is 6.92 Å². The summed E-state index contributed by atoms with van der Waals surface area (Å²) >= 11 is 0. The predicted molar refractivity (Wildman–Crippen MR) is 89.9 cm³/mol. The number of nitrogens with one attached hydrogen (secondary N) is 1. The number of carboxylic acid groups (broad SMARTS) is 1. The van der Waals surface area contributed by atoms with E-state index in [4.69, 9.17) is 5.11 Å².